The number of aliphatic carboxylic acids is 1. The molecule has 0 aromatic rings. The number of carbonyl (C=O) groups excluding carboxylic acids is 2. The van der Waals surface area contributed by atoms with E-state index in [0.29, 0.717) is 13.1 Å². The minimum absolute atomic E-state index is 0.0240. The molecule has 1 atom stereocenters. The number of carboxylic acids is 1. The van der Waals surface area contributed by atoms with Crippen LogP contribution in [0, 0.1) is 5.92 Å². The number of hydrogen-bond acceptors (Lipinski definition) is 3. The Morgan fingerprint density at radius 2 is 1.68 bits per heavy atom. The molecule has 7 heteroatoms. The number of hydrogen-bond donors (Lipinski definition) is 2. The molecule has 0 heterocycles. The van der Waals surface area contributed by atoms with E-state index < -0.39 is 11.9 Å². The predicted octanol–water partition coefficient (Wildman–Crippen LogP) is 0.217. The van der Waals surface area contributed by atoms with E-state index in [0.717, 1.165) is 0 Å². The zero-order valence-corrected chi connectivity index (χ0v) is 12.0. The van der Waals surface area contributed by atoms with Crippen molar-refractivity contribution in [3.63, 3.8) is 0 Å². The Kier molecular flexibility index (Phi) is 7.55. The fourth-order valence-electron chi connectivity index (χ4n) is 1.52. The summed E-state index contributed by atoms with van der Waals surface area (Å²) < 4.78 is 0. The molecule has 3 amide bonds. The van der Waals surface area contributed by atoms with Gasteiger partial charge in [0.25, 0.3) is 0 Å². The molecular weight excluding hydrogens is 250 g/mol. The molecule has 110 valence electrons. The van der Waals surface area contributed by atoms with E-state index in [-0.39, 0.29) is 25.0 Å². The van der Waals surface area contributed by atoms with Gasteiger partial charge in [-0.3, -0.25) is 9.59 Å². The Labute approximate surface area is 113 Å². The first-order valence-electron chi connectivity index (χ1n) is 6.34. The second-order valence-corrected chi connectivity index (χ2v) is 4.25. The van der Waals surface area contributed by atoms with Gasteiger partial charge in [0.1, 0.15) is 6.54 Å². The molecule has 1 unspecified atom stereocenters. The van der Waals surface area contributed by atoms with Gasteiger partial charge in [0, 0.05) is 26.7 Å². The zero-order valence-electron chi connectivity index (χ0n) is 12.0. The summed E-state index contributed by atoms with van der Waals surface area (Å²) >= 11 is 0. The monoisotopic (exact) mass is 273 g/mol. The smallest absolute Gasteiger partial charge is 0.320 e. The third-order valence-corrected chi connectivity index (χ3v) is 2.83. The van der Waals surface area contributed by atoms with Gasteiger partial charge < -0.3 is 20.2 Å². The third-order valence-electron chi connectivity index (χ3n) is 2.83. The summed E-state index contributed by atoms with van der Waals surface area (Å²) in [5, 5.41) is 11.3. The van der Waals surface area contributed by atoms with Crippen molar-refractivity contribution in [3.8, 4) is 0 Å². The fraction of sp³-hybridized carbons (Fsp3) is 0.750. The van der Waals surface area contributed by atoms with Crippen LogP contribution in [0.1, 0.15) is 20.8 Å². The van der Waals surface area contributed by atoms with Gasteiger partial charge in [-0.2, -0.15) is 0 Å². The van der Waals surface area contributed by atoms with Gasteiger partial charge in [0.05, 0.1) is 5.92 Å². The van der Waals surface area contributed by atoms with Crippen LogP contribution in [0.4, 0.5) is 4.79 Å². The number of urea groups is 1. The lowest BCUT2D eigenvalue weighted by molar-refractivity contribution is -0.141. The van der Waals surface area contributed by atoms with Gasteiger partial charge in [0.15, 0.2) is 0 Å². The van der Waals surface area contributed by atoms with Crippen molar-refractivity contribution in [1.82, 2.24) is 15.1 Å². The maximum Gasteiger partial charge on any atom is 0.320 e. The molecule has 0 saturated carbocycles. The van der Waals surface area contributed by atoms with Gasteiger partial charge in [-0.05, 0) is 13.8 Å². The van der Waals surface area contributed by atoms with Crippen LogP contribution in [0.5, 0.6) is 0 Å². The summed E-state index contributed by atoms with van der Waals surface area (Å²) in [4.78, 5) is 37.1. The summed E-state index contributed by atoms with van der Waals surface area (Å²) in [6.45, 7) is 6.01. The first kappa shape index (κ1) is 17.2. The Bertz CT molecular complexity index is 333. The van der Waals surface area contributed by atoms with Crippen molar-refractivity contribution in [2.45, 2.75) is 20.8 Å². The van der Waals surface area contributed by atoms with Crippen molar-refractivity contribution in [2.24, 2.45) is 5.92 Å². The normalized spacial score (nSPS) is 11.6. The lowest BCUT2D eigenvalue weighted by Crippen LogP contribution is -2.48. The molecule has 0 radical (unpaired) electrons. The number of amides is 3. The molecule has 19 heavy (non-hydrogen) atoms. The van der Waals surface area contributed by atoms with E-state index in [1.165, 1.54) is 16.8 Å². The van der Waals surface area contributed by atoms with Crippen molar-refractivity contribution in [3.05, 3.63) is 0 Å². The average Bonchev–Trinajstić information content (AvgIpc) is 2.40. The zero-order chi connectivity index (χ0) is 15.0. The molecule has 0 saturated heterocycles. The standard InChI is InChI=1S/C12H23N3O4/c1-5-14(7-9(3)11(17)18)12(19)15(6-2)8-10(16)13-4/h9H,5-8H2,1-4H3,(H,13,16)(H,17,18). The highest BCUT2D eigenvalue weighted by molar-refractivity contribution is 5.84. The lowest BCUT2D eigenvalue weighted by Gasteiger charge is -2.29. The maximum absolute atomic E-state index is 12.2. The number of likely N-dealkylation sites (N-methyl/N-ethyl adjacent to an activating group) is 2. The van der Waals surface area contributed by atoms with Gasteiger partial charge in [0.2, 0.25) is 5.91 Å². The molecule has 0 bridgehead atoms. The summed E-state index contributed by atoms with van der Waals surface area (Å²) in [5.74, 6) is -1.83. The fourth-order valence-corrected chi connectivity index (χ4v) is 1.52. The molecule has 0 aromatic carbocycles. The van der Waals surface area contributed by atoms with Gasteiger partial charge >= 0.3 is 12.0 Å². The van der Waals surface area contributed by atoms with Crippen LogP contribution in [0.2, 0.25) is 0 Å². The molecule has 2 N–H and O–H groups in total. The highest BCUT2D eigenvalue weighted by atomic mass is 16.4. The maximum atomic E-state index is 12.2. The summed E-state index contributed by atoms with van der Waals surface area (Å²) in [7, 11) is 1.50. The Balaban J connectivity index is 4.70. The van der Waals surface area contributed by atoms with Gasteiger partial charge in [-0.25, -0.2) is 4.79 Å². The highest BCUT2D eigenvalue weighted by Gasteiger charge is 2.23. The highest BCUT2D eigenvalue weighted by Crippen LogP contribution is 2.05. The first-order chi connectivity index (χ1) is 8.87. The van der Waals surface area contributed by atoms with Crippen LogP contribution < -0.4 is 5.32 Å². The molecular formula is C12H23N3O4. The van der Waals surface area contributed by atoms with Crippen LogP contribution in [0.15, 0.2) is 0 Å². The van der Waals surface area contributed by atoms with Crippen LogP contribution >= 0.6 is 0 Å². The van der Waals surface area contributed by atoms with E-state index in [1.54, 1.807) is 20.8 Å². The first-order valence-corrected chi connectivity index (χ1v) is 6.34. The minimum atomic E-state index is -0.944. The largest absolute Gasteiger partial charge is 0.481 e. The Morgan fingerprint density at radius 3 is 2.05 bits per heavy atom. The van der Waals surface area contributed by atoms with Crippen LogP contribution in [0.25, 0.3) is 0 Å². The van der Waals surface area contributed by atoms with E-state index >= 15 is 0 Å². The van der Waals surface area contributed by atoms with Crippen molar-refractivity contribution in [1.29, 1.82) is 0 Å². The van der Waals surface area contributed by atoms with Crippen molar-refractivity contribution >= 4 is 17.9 Å². The molecule has 0 aromatic heterocycles. The van der Waals surface area contributed by atoms with E-state index in [4.69, 9.17) is 5.11 Å². The molecule has 0 fully saturated rings. The Morgan fingerprint density at radius 1 is 1.16 bits per heavy atom. The molecule has 0 aliphatic heterocycles. The lowest BCUT2D eigenvalue weighted by atomic mass is 10.2. The number of nitrogens with one attached hydrogen (secondary N) is 1. The number of carbonyl (C=O) groups is 3. The van der Waals surface area contributed by atoms with Crippen LogP contribution in [0.3, 0.4) is 0 Å². The molecule has 0 aliphatic rings. The summed E-state index contributed by atoms with van der Waals surface area (Å²) in [5.41, 5.74) is 0. The summed E-state index contributed by atoms with van der Waals surface area (Å²) in [6.07, 6.45) is 0. The number of rotatable bonds is 7. The third kappa shape index (κ3) is 5.58. The average molecular weight is 273 g/mol. The van der Waals surface area contributed by atoms with Crippen LogP contribution in [-0.4, -0.2) is 66.0 Å². The molecule has 7 nitrogen and oxygen atoms in total. The van der Waals surface area contributed by atoms with Gasteiger partial charge in [-0.15, -0.1) is 0 Å². The Hall–Kier alpha value is -1.79. The quantitative estimate of drug-likeness (QED) is 0.694. The van der Waals surface area contributed by atoms with Crippen molar-refractivity contribution in [2.75, 3.05) is 33.2 Å². The van der Waals surface area contributed by atoms with E-state index in [2.05, 4.69) is 5.32 Å². The second-order valence-electron chi connectivity index (χ2n) is 4.25. The predicted molar refractivity (Wildman–Crippen MR) is 70.8 cm³/mol. The van der Waals surface area contributed by atoms with Crippen LogP contribution in [-0.2, 0) is 9.59 Å². The number of carboxylic acid groups (broad SMARTS) is 1. The van der Waals surface area contributed by atoms with Crippen molar-refractivity contribution < 1.29 is 19.5 Å². The topological polar surface area (TPSA) is 90.0 Å². The summed E-state index contributed by atoms with van der Waals surface area (Å²) in [6, 6.07) is -0.318. The van der Waals surface area contributed by atoms with E-state index in [1.807, 2.05) is 0 Å². The van der Waals surface area contributed by atoms with E-state index in [9.17, 15) is 14.4 Å². The molecule has 0 spiro atoms. The second kappa shape index (κ2) is 8.34. The number of nitrogens with zero attached hydrogens (tertiary/aromatic N) is 2. The molecule has 0 aliphatic carbocycles. The SMILES string of the molecule is CCN(CC(=O)NC)C(=O)N(CC)CC(C)C(=O)O. The minimum Gasteiger partial charge on any atom is -0.481 e. The molecule has 0 rings (SSSR count). The van der Waals surface area contributed by atoms with Gasteiger partial charge in [-0.1, -0.05) is 6.92 Å².